The van der Waals surface area contributed by atoms with Crippen LogP contribution in [0.15, 0.2) is 0 Å². The maximum Gasteiger partial charge on any atom is 0.302 e. The number of aliphatic hydroxyl groups is 1. The van der Waals surface area contributed by atoms with Gasteiger partial charge in [-0.2, -0.15) is 8.42 Å². The number of likely N-dealkylation sites (tertiary alicyclic amines) is 1. The Bertz CT molecular complexity index is 385. The fraction of sp³-hybridized carbons (Fsp3) is 0.900. The van der Waals surface area contributed by atoms with E-state index in [2.05, 4.69) is 5.32 Å². The Balaban J connectivity index is 2.29. The molecule has 8 heteroatoms. The molecular formula is C10H19FN2O4S. The molecule has 0 aromatic carbocycles. The summed E-state index contributed by atoms with van der Waals surface area (Å²) >= 11 is 0. The summed E-state index contributed by atoms with van der Waals surface area (Å²) in [6, 6.07) is 0. The zero-order valence-electron chi connectivity index (χ0n) is 10.3. The summed E-state index contributed by atoms with van der Waals surface area (Å²) in [5, 5.41) is 12.0. The van der Waals surface area contributed by atoms with Gasteiger partial charge < -0.3 is 15.3 Å². The van der Waals surface area contributed by atoms with Gasteiger partial charge in [0, 0.05) is 38.5 Å². The first-order valence-electron chi connectivity index (χ1n) is 5.87. The van der Waals surface area contributed by atoms with Gasteiger partial charge in [0.2, 0.25) is 5.91 Å². The van der Waals surface area contributed by atoms with Crippen LogP contribution in [0.2, 0.25) is 0 Å². The summed E-state index contributed by atoms with van der Waals surface area (Å²) in [5.41, 5.74) is 0. The zero-order valence-corrected chi connectivity index (χ0v) is 11.1. The van der Waals surface area contributed by atoms with Crippen molar-refractivity contribution in [3.05, 3.63) is 0 Å². The lowest BCUT2D eigenvalue weighted by atomic mass is 10.1. The van der Waals surface area contributed by atoms with Crippen LogP contribution in [-0.2, 0) is 15.0 Å². The van der Waals surface area contributed by atoms with Gasteiger partial charge in [-0.1, -0.05) is 0 Å². The van der Waals surface area contributed by atoms with Gasteiger partial charge in [0.05, 0.1) is 11.9 Å². The number of halogens is 1. The van der Waals surface area contributed by atoms with E-state index in [0.29, 0.717) is 19.6 Å². The fourth-order valence-corrected chi connectivity index (χ4v) is 2.77. The quantitative estimate of drug-likeness (QED) is 0.467. The Morgan fingerprint density at radius 1 is 1.61 bits per heavy atom. The molecular weight excluding hydrogens is 263 g/mol. The summed E-state index contributed by atoms with van der Waals surface area (Å²) < 4.78 is 33.5. The van der Waals surface area contributed by atoms with Gasteiger partial charge in [-0.15, -0.1) is 3.89 Å². The number of hydrogen-bond donors (Lipinski definition) is 2. The lowest BCUT2D eigenvalue weighted by Crippen LogP contribution is -2.35. The molecule has 1 heterocycles. The van der Waals surface area contributed by atoms with E-state index in [-0.39, 0.29) is 18.9 Å². The topological polar surface area (TPSA) is 86.7 Å². The van der Waals surface area contributed by atoms with Gasteiger partial charge in [0.15, 0.2) is 0 Å². The van der Waals surface area contributed by atoms with Crippen LogP contribution in [-0.4, -0.2) is 62.4 Å². The number of nitrogens with one attached hydrogen (secondary N) is 1. The van der Waals surface area contributed by atoms with E-state index in [1.165, 1.54) is 4.90 Å². The molecule has 6 nitrogen and oxygen atoms in total. The molecule has 1 rings (SSSR count). The number of aliphatic hydroxyl groups excluding tert-OH is 1. The van der Waals surface area contributed by atoms with Crippen molar-refractivity contribution in [2.45, 2.75) is 19.4 Å². The predicted octanol–water partition coefficient (Wildman–Crippen LogP) is -0.895. The van der Waals surface area contributed by atoms with Crippen LogP contribution in [0.5, 0.6) is 0 Å². The monoisotopic (exact) mass is 282 g/mol. The van der Waals surface area contributed by atoms with Crippen molar-refractivity contribution in [2.75, 3.05) is 31.9 Å². The van der Waals surface area contributed by atoms with E-state index in [1.807, 2.05) is 0 Å². The van der Waals surface area contributed by atoms with Crippen molar-refractivity contribution in [2.24, 2.45) is 5.92 Å². The molecule has 0 radical (unpaired) electrons. The van der Waals surface area contributed by atoms with Crippen molar-refractivity contribution in [3.8, 4) is 0 Å². The molecule has 1 fully saturated rings. The van der Waals surface area contributed by atoms with Crippen molar-refractivity contribution in [3.63, 3.8) is 0 Å². The minimum atomic E-state index is -4.52. The first kappa shape index (κ1) is 15.3. The lowest BCUT2D eigenvalue weighted by molar-refractivity contribution is -0.127. The Kier molecular flexibility index (Phi) is 5.48. The van der Waals surface area contributed by atoms with Gasteiger partial charge >= 0.3 is 10.2 Å². The maximum atomic E-state index is 12.5. The number of carbonyl (C=O) groups is 1. The van der Waals surface area contributed by atoms with E-state index in [1.54, 1.807) is 6.92 Å². The number of carbonyl (C=O) groups excluding carboxylic acids is 1. The Hall–Kier alpha value is -0.730. The predicted molar refractivity (Wildman–Crippen MR) is 64.1 cm³/mol. The summed E-state index contributed by atoms with van der Waals surface area (Å²) in [6.07, 6.45) is -0.372. The number of hydrogen-bond acceptors (Lipinski definition) is 5. The normalized spacial score (nSPS) is 22.5. The molecule has 1 amide bonds. The van der Waals surface area contributed by atoms with Crippen molar-refractivity contribution in [1.82, 2.24) is 10.2 Å². The summed E-state index contributed by atoms with van der Waals surface area (Å²) in [5.74, 6) is -1.19. The third-order valence-corrected chi connectivity index (χ3v) is 3.60. The minimum absolute atomic E-state index is 0.0829. The van der Waals surface area contributed by atoms with Crippen LogP contribution in [0.4, 0.5) is 3.89 Å². The van der Waals surface area contributed by atoms with E-state index in [9.17, 15) is 17.1 Å². The van der Waals surface area contributed by atoms with E-state index in [4.69, 9.17) is 5.11 Å². The molecule has 2 N–H and O–H groups in total. The molecule has 0 aromatic heterocycles. The smallest absolute Gasteiger partial charge is 0.302 e. The molecule has 0 spiro atoms. The first-order valence-corrected chi connectivity index (χ1v) is 7.42. The molecule has 0 aromatic rings. The van der Waals surface area contributed by atoms with Crippen LogP contribution in [0.25, 0.3) is 0 Å². The highest BCUT2D eigenvalue weighted by atomic mass is 32.3. The summed E-state index contributed by atoms with van der Waals surface area (Å²) in [7, 11) is -4.52. The Morgan fingerprint density at radius 3 is 2.83 bits per heavy atom. The highest BCUT2D eigenvalue weighted by Crippen LogP contribution is 2.19. The van der Waals surface area contributed by atoms with Gasteiger partial charge in [-0.25, -0.2) is 0 Å². The molecule has 1 aliphatic rings. The molecule has 2 unspecified atom stereocenters. The second-order valence-electron chi connectivity index (χ2n) is 4.67. The SMILES string of the molecule is CC(O)CNCCN1CC(CS(=O)(=O)F)CC1=O. The van der Waals surface area contributed by atoms with Gasteiger partial charge in [0.25, 0.3) is 0 Å². The second-order valence-corrected chi connectivity index (χ2v) is 6.08. The molecule has 1 aliphatic heterocycles. The highest BCUT2D eigenvalue weighted by Gasteiger charge is 2.32. The average Bonchev–Trinajstić information content (AvgIpc) is 2.50. The summed E-state index contributed by atoms with van der Waals surface area (Å²) in [4.78, 5) is 13.0. The first-order chi connectivity index (χ1) is 8.28. The molecule has 0 saturated carbocycles. The molecule has 1 saturated heterocycles. The van der Waals surface area contributed by atoms with Crippen molar-refractivity contribution < 1.29 is 22.2 Å². The van der Waals surface area contributed by atoms with Crippen molar-refractivity contribution in [1.29, 1.82) is 0 Å². The van der Waals surface area contributed by atoms with Crippen LogP contribution < -0.4 is 5.32 Å². The van der Waals surface area contributed by atoms with Crippen molar-refractivity contribution >= 4 is 16.1 Å². The molecule has 2 atom stereocenters. The van der Waals surface area contributed by atoms with Gasteiger partial charge in [-0.3, -0.25) is 4.79 Å². The standard InChI is InChI=1S/C10H19FN2O4S/c1-8(14)5-12-2-3-13-6-9(4-10(13)15)7-18(11,16)17/h8-9,12,14H,2-7H2,1H3. The lowest BCUT2D eigenvalue weighted by Gasteiger charge is -2.17. The number of amides is 1. The third kappa shape index (κ3) is 5.74. The van der Waals surface area contributed by atoms with Gasteiger partial charge in [0.1, 0.15) is 0 Å². The highest BCUT2D eigenvalue weighted by molar-refractivity contribution is 7.86. The van der Waals surface area contributed by atoms with Crippen LogP contribution in [0.1, 0.15) is 13.3 Å². The van der Waals surface area contributed by atoms with Crippen LogP contribution >= 0.6 is 0 Å². The van der Waals surface area contributed by atoms with E-state index >= 15 is 0 Å². The number of rotatable bonds is 7. The molecule has 18 heavy (non-hydrogen) atoms. The zero-order chi connectivity index (χ0) is 13.8. The Morgan fingerprint density at radius 2 is 2.28 bits per heavy atom. The van der Waals surface area contributed by atoms with Crippen LogP contribution in [0.3, 0.4) is 0 Å². The number of nitrogens with zero attached hydrogens (tertiary/aromatic N) is 1. The maximum absolute atomic E-state index is 12.5. The Labute approximate surface area is 106 Å². The van der Waals surface area contributed by atoms with Gasteiger partial charge in [-0.05, 0) is 6.92 Å². The molecule has 106 valence electrons. The van der Waals surface area contributed by atoms with E-state index in [0.717, 1.165) is 0 Å². The summed E-state index contributed by atoms with van der Waals surface area (Å²) in [6.45, 7) is 3.32. The second kappa shape index (κ2) is 6.44. The molecule has 0 aliphatic carbocycles. The average molecular weight is 282 g/mol. The largest absolute Gasteiger partial charge is 0.392 e. The van der Waals surface area contributed by atoms with Crippen LogP contribution in [0, 0.1) is 5.92 Å². The third-order valence-electron chi connectivity index (χ3n) is 2.73. The van der Waals surface area contributed by atoms with E-state index < -0.39 is 28.0 Å². The minimum Gasteiger partial charge on any atom is -0.392 e. The molecule has 0 bridgehead atoms. The fourth-order valence-electron chi connectivity index (χ4n) is 1.99.